The summed E-state index contributed by atoms with van der Waals surface area (Å²) in [6.07, 6.45) is 10.2. The van der Waals surface area contributed by atoms with Crippen molar-refractivity contribution in [2.24, 2.45) is 22.7 Å². The Morgan fingerprint density at radius 2 is 2.04 bits per heavy atom. The van der Waals surface area contributed by atoms with Gasteiger partial charge in [-0.2, -0.15) is 0 Å². The van der Waals surface area contributed by atoms with Crippen LogP contribution in [0, 0.1) is 22.7 Å². The van der Waals surface area contributed by atoms with Gasteiger partial charge in [-0.1, -0.05) is 44.9 Å². The normalized spacial score (nSPS) is 34.0. The highest BCUT2D eigenvalue weighted by molar-refractivity contribution is 5.82. The SMILES string of the molecule is C=C1CC[C@@H]2C(C)(C)CCC[C@]2(C)[C@@H]1CC/C(C)=C/C(=O)OC. The van der Waals surface area contributed by atoms with Gasteiger partial charge in [0.2, 0.25) is 0 Å². The molecule has 0 aliphatic heterocycles. The van der Waals surface area contributed by atoms with E-state index in [1.54, 1.807) is 6.08 Å². The van der Waals surface area contributed by atoms with Crippen LogP contribution in [0.1, 0.15) is 72.6 Å². The van der Waals surface area contributed by atoms with Gasteiger partial charge >= 0.3 is 5.97 Å². The van der Waals surface area contributed by atoms with E-state index in [1.807, 2.05) is 6.92 Å². The first-order valence-electron chi connectivity index (χ1n) is 9.13. The summed E-state index contributed by atoms with van der Waals surface area (Å²) in [6, 6.07) is 0. The van der Waals surface area contributed by atoms with Crippen molar-refractivity contribution in [2.45, 2.75) is 72.6 Å². The Hall–Kier alpha value is -1.05. The molecule has 0 spiro atoms. The molecule has 0 saturated heterocycles. The van der Waals surface area contributed by atoms with Gasteiger partial charge in [-0.3, -0.25) is 0 Å². The minimum Gasteiger partial charge on any atom is -0.466 e. The third-order valence-electron chi connectivity index (χ3n) is 6.71. The molecule has 0 unspecified atom stereocenters. The van der Waals surface area contributed by atoms with Gasteiger partial charge < -0.3 is 4.74 Å². The fourth-order valence-electron chi connectivity index (χ4n) is 5.51. The van der Waals surface area contributed by atoms with Crippen LogP contribution in [0.15, 0.2) is 23.8 Å². The van der Waals surface area contributed by atoms with Crippen LogP contribution in [0.25, 0.3) is 0 Å². The van der Waals surface area contributed by atoms with Gasteiger partial charge in [0.05, 0.1) is 7.11 Å². The molecule has 3 atom stereocenters. The monoisotopic (exact) mass is 318 g/mol. The lowest BCUT2D eigenvalue weighted by Gasteiger charge is -2.58. The molecule has 2 fully saturated rings. The van der Waals surface area contributed by atoms with Crippen LogP contribution in [0.3, 0.4) is 0 Å². The lowest BCUT2D eigenvalue weighted by molar-refractivity contribution is -0.134. The minimum absolute atomic E-state index is 0.243. The molecule has 2 heteroatoms. The van der Waals surface area contributed by atoms with Crippen LogP contribution in [0.5, 0.6) is 0 Å². The summed E-state index contributed by atoms with van der Waals surface area (Å²) in [7, 11) is 1.44. The van der Waals surface area contributed by atoms with Crippen LogP contribution >= 0.6 is 0 Å². The number of hydrogen-bond donors (Lipinski definition) is 0. The molecule has 2 aliphatic carbocycles. The second-order valence-corrected chi connectivity index (χ2v) is 8.70. The van der Waals surface area contributed by atoms with Gasteiger partial charge in [0.15, 0.2) is 0 Å². The van der Waals surface area contributed by atoms with Crippen molar-refractivity contribution < 1.29 is 9.53 Å². The van der Waals surface area contributed by atoms with E-state index in [2.05, 4.69) is 27.4 Å². The maximum Gasteiger partial charge on any atom is 0.330 e. The average molecular weight is 319 g/mol. The van der Waals surface area contributed by atoms with Crippen LogP contribution < -0.4 is 0 Å². The molecular weight excluding hydrogens is 284 g/mol. The predicted molar refractivity (Wildman–Crippen MR) is 96.1 cm³/mol. The molecule has 0 bridgehead atoms. The van der Waals surface area contributed by atoms with E-state index in [0.717, 1.165) is 24.3 Å². The first kappa shape index (κ1) is 18.3. The van der Waals surface area contributed by atoms with E-state index in [1.165, 1.54) is 44.8 Å². The maximum absolute atomic E-state index is 11.4. The second kappa shape index (κ2) is 6.83. The Morgan fingerprint density at radius 1 is 1.35 bits per heavy atom. The van der Waals surface area contributed by atoms with Crippen molar-refractivity contribution in [1.82, 2.24) is 0 Å². The maximum atomic E-state index is 11.4. The molecule has 23 heavy (non-hydrogen) atoms. The van der Waals surface area contributed by atoms with Crippen molar-refractivity contribution in [1.29, 1.82) is 0 Å². The van der Waals surface area contributed by atoms with Crippen molar-refractivity contribution in [3.63, 3.8) is 0 Å². The summed E-state index contributed by atoms with van der Waals surface area (Å²) in [5.74, 6) is 1.14. The lowest BCUT2D eigenvalue weighted by atomic mass is 9.47. The van der Waals surface area contributed by atoms with Crippen LogP contribution in [-0.4, -0.2) is 13.1 Å². The van der Waals surface area contributed by atoms with Gasteiger partial charge in [0.25, 0.3) is 0 Å². The largest absolute Gasteiger partial charge is 0.466 e. The molecule has 2 rings (SSSR count). The molecule has 0 heterocycles. The fourth-order valence-corrected chi connectivity index (χ4v) is 5.51. The molecule has 2 nitrogen and oxygen atoms in total. The lowest BCUT2D eigenvalue weighted by Crippen LogP contribution is -2.49. The molecule has 0 aromatic rings. The Balaban J connectivity index is 2.14. The first-order valence-corrected chi connectivity index (χ1v) is 9.13. The minimum atomic E-state index is -0.243. The second-order valence-electron chi connectivity index (χ2n) is 8.70. The van der Waals surface area contributed by atoms with E-state index in [-0.39, 0.29) is 5.97 Å². The van der Waals surface area contributed by atoms with E-state index in [0.29, 0.717) is 16.7 Å². The summed E-state index contributed by atoms with van der Waals surface area (Å²) in [6.45, 7) is 13.9. The van der Waals surface area contributed by atoms with Crippen LogP contribution in [0.4, 0.5) is 0 Å². The number of carbonyl (C=O) groups is 1. The fraction of sp³-hybridized carbons (Fsp3) is 0.762. The van der Waals surface area contributed by atoms with Gasteiger partial charge in [-0.25, -0.2) is 4.79 Å². The smallest absolute Gasteiger partial charge is 0.330 e. The summed E-state index contributed by atoms with van der Waals surface area (Å²) in [4.78, 5) is 11.4. The highest BCUT2D eigenvalue weighted by atomic mass is 16.5. The number of allylic oxidation sites excluding steroid dienone is 2. The first-order chi connectivity index (χ1) is 10.7. The van der Waals surface area contributed by atoms with Gasteiger partial charge in [0.1, 0.15) is 0 Å². The highest BCUT2D eigenvalue weighted by Crippen LogP contribution is 2.61. The molecule has 0 aromatic heterocycles. The zero-order chi connectivity index (χ0) is 17.3. The Morgan fingerprint density at radius 3 is 2.70 bits per heavy atom. The van der Waals surface area contributed by atoms with E-state index in [4.69, 9.17) is 4.74 Å². The zero-order valence-electron chi connectivity index (χ0n) is 15.7. The molecule has 2 aliphatic rings. The number of rotatable bonds is 4. The van der Waals surface area contributed by atoms with Crippen molar-refractivity contribution in [3.05, 3.63) is 23.8 Å². The Bertz CT molecular complexity index is 500. The Kier molecular flexibility index (Phi) is 5.43. The van der Waals surface area contributed by atoms with Gasteiger partial charge in [0, 0.05) is 6.08 Å². The number of carbonyl (C=O) groups excluding carboxylic acids is 1. The van der Waals surface area contributed by atoms with Gasteiger partial charge in [-0.15, -0.1) is 0 Å². The molecule has 0 aromatic carbocycles. The molecule has 130 valence electrons. The number of hydrogen-bond acceptors (Lipinski definition) is 2. The highest BCUT2D eigenvalue weighted by Gasteiger charge is 2.52. The van der Waals surface area contributed by atoms with Crippen molar-refractivity contribution in [2.75, 3.05) is 7.11 Å². The van der Waals surface area contributed by atoms with E-state index >= 15 is 0 Å². The van der Waals surface area contributed by atoms with Crippen LogP contribution in [0.2, 0.25) is 0 Å². The number of methoxy groups -OCH3 is 1. The third kappa shape index (κ3) is 3.72. The molecule has 0 amide bonds. The zero-order valence-corrected chi connectivity index (χ0v) is 15.7. The molecule has 2 saturated carbocycles. The summed E-state index contributed by atoms with van der Waals surface area (Å²) in [5.41, 5.74) is 3.38. The molecule has 0 N–H and O–H groups in total. The van der Waals surface area contributed by atoms with Crippen LogP contribution in [-0.2, 0) is 9.53 Å². The third-order valence-corrected chi connectivity index (χ3v) is 6.71. The van der Waals surface area contributed by atoms with Crippen molar-refractivity contribution >= 4 is 5.97 Å². The predicted octanol–water partition coefficient (Wildman–Crippen LogP) is 5.68. The summed E-state index contributed by atoms with van der Waals surface area (Å²) in [5, 5.41) is 0. The topological polar surface area (TPSA) is 26.3 Å². The summed E-state index contributed by atoms with van der Waals surface area (Å²) < 4.78 is 4.73. The number of fused-ring (bicyclic) bond motifs is 1. The number of esters is 1. The average Bonchev–Trinajstić information content (AvgIpc) is 2.45. The van der Waals surface area contributed by atoms with Gasteiger partial charge in [-0.05, 0) is 68.1 Å². The number of ether oxygens (including phenoxy) is 1. The standard InChI is InChI=1S/C21H34O2/c1-15(14-19(22)23-6)8-10-17-16(2)9-11-18-20(3,4)12-7-13-21(17,18)5/h14,17-18H,2,7-13H2,1,3-6H3/b15-14+/t17-,18-,21-/m1/s1. The molecular formula is C21H34O2. The molecule has 0 radical (unpaired) electrons. The van der Waals surface area contributed by atoms with Crippen molar-refractivity contribution in [3.8, 4) is 0 Å². The Labute approximate surface area is 142 Å². The van der Waals surface area contributed by atoms with E-state index < -0.39 is 0 Å². The quantitative estimate of drug-likeness (QED) is 0.378. The van der Waals surface area contributed by atoms with E-state index in [9.17, 15) is 4.79 Å². The summed E-state index contributed by atoms with van der Waals surface area (Å²) >= 11 is 0.